The number of halogens is 1. The molecule has 0 spiro atoms. The van der Waals surface area contributed by atoms with Crippen LogP contribution < -0.4 is 4.72 Å². The van der Waals surface area contributed by atoms with Crippen LogP contribution in [0.4, 0.5) is 0 Å². The summed E-state index contributed by atoms with van der Waals surface area (Å²) in [5.41, 5.74) is 3.15. The summed E-state index contributed by atoms with van der Waals surface area (Å²) in [7, 11) is -7.93. The van der Waals surface area contributed by atoms with Crippen molar-refractivity contribution in [3.05, 3.63) is 70.2 Å². The van der Waals surface area contributed by atoms with E-state index in [1.807, 2.05) is 18.2 Å². The van der Waals surface area contributed by atoms with Crippen molar-refractivity contribution in [2.75, 3.05) is 6.54 Å². The van der Waals surface area contributed by atoms with Gasteiger partial charge in [-0.3, -0.25) is 4.55 Å². The first kappa shape index (κ1) is 28.5. The molecule has 174 valence electrons. The summed E-state index contributed by atoms with van der Waals surface area (Å²) < 4.78 is 61.6. The summed E-state index contributed by atoms with van der Waals surface area (Å²) in [4.78, 5) is 0.110. The first-order valence-electron chi connectivity index (χ1n) is 10.3. The molecule has 0 radical (unpaired) electrons. The summed E-state index contributed by atoms with van der Waals surface area (Å²) in [5.74, 6) is 0.280. The van der Waals surface area contributed by atoms with Crippen LogP contribution in [-0.4, -0.2) is 57.5 Å². The molecule has 0 fully saturated rings. The van der Waals surface area contributed by atoms with Gasteiger partial charge in [0.1, 0.15) is 4.90 Å². The molecule has 0 heterocycles. The Labute approximate surface area is 226 Å². The molecular weight excluding hydrogens is 537 g/mol. The molecule has 2 N–H and O–H groups in total. The number of hydrogen-bond donors (Lipinski definition) is 2. The number of benzene rings is 1. The third-order valence-electron chi connectivity index (χ3n) is 5.33. The minimum absolute atomic E-state index is 0. The van der Waals surface area contributed by atoms with Crippen LogP contribution in [0.25, 0.3) is 11.1 Å². The summed E-state index contributed by atoms with van der Waals surface area (Å²) in [6, 6.07) is 15.4. The van der Waals surface area contributed by atoms with Gasteiger partial charge < -0.3 is 0 Å². The van der Waals surface area contributed by atoms with Gasteiger partial charge in [0.2, 0.25) is 10.0 Å². The Morgan fingerprint density at radius 2 is 1.52 bits per heavy atom. The number of sulfonamides is 1. The molecule has 0 saturated heterocycles. The summed E-state index contributed by atoms with van der Waals surface area (Å²) >= 11 is 3.28. The number of aryl methyl sites for hydroxylation is 1. The zero-order valence-corrected chi connectivity index (χ0v) is 21.1. The van der Waals surface area contributed by atoms with Crippen LogP contribution >= 0.6 is 15.9 Å². The third-order valence-corrected chi connectivity index (χ3v) is 8.22. The first-order chi connectivity index (χ1) is 15.0. The van der Waals surface area contributed by atoms with Crippen molar-refractivity contribution in [2.45, 2.75) is 48.8 Å². The van der Waals surface area contributed by atoms with Crippen molar-refractivity contribution in [1.29, 1.82) is 0 Å². The molecule has 2 aliphatic carbocycles. The molecule has 0 unspecified atom stereocenters. The van der Waals surface area contributed by atoms with Gasteiger partial charge in [0.15, 0.2) is 0 Å². The third kappa shape index (κ3) is 7.35. The van der Waals surface area contributed by atoms with Gasteiger partial charge in [0.05, 0.1) is 4.90 Å². The summed E-state index contributed by atoms with van der Waals surface area (Å²) in [6.07, 6.45) is 1.80. The quantitative estimate of drug-likeness (QED) is 0.225. The Hall–Kier alpha value is -0.780. The summed E-state index contributed by atoms with van der Waals surface area (Å²) in [6.45, 7) is 4.38. The van der Waals surface area contributed by atoms with Crippen molar-refractivity contribution < 1.29 is 21.4 Å². The molecule has 0 amide bonds. The van der Waals surface area contributed by atoms with E-state index in [4.69, 9.17) is 0 Å². The molecule has 0 atom stereocenters. The molecule has 0 aromatic heterocycles. The fourth-order valence-corrected chi connectivity index (χ4v) is 5.64. The van der Waals surface area contributed by atoms with Gasteiger partial charge in [0, 0.05) is 16.6 Å². The van der Waals surface area contributed by atoms with Crippen LogP contribution in [0.3, 0.4) is 0 Å². The molecular formula is C23H27BrNNaO5S2. The van der Waals surface area contributed by atoms with Crippen molar-refractivity contribution in [1.82, 2.24) is 4.72 Å². The van der Waals surface area contributed by atoms with E-state index in [-0.39, 0.29) is 51.8 Å². The number of rotatable bonds is 9. The van der Waals surface area contributed by atoms with Gasteiger partial charge in [0.25, 0.3) is 10.1 Å². The fourth-order valence-electron chi connectivity index (χ4n) is 3.55. The predicted molar refractivity (Wildman–Crippen MR) is 136 cm³/mol. The molecule has 3 rings (SSSR count). The zero-order valence-electron chi connectivity index (χ0n) is 17.9. The van der Waals surface area contributed by atoms with E-state index < -0.39 is 20.1 Å². The second kappa shape index (κ2) is 11.8. The van der Waals surface area contributed by atoms with Gasteiger partial charge in [-0.1, -0.05) is 54.0 Å². The van der Waals surface area contributed by atoms with E-state index >= 15 is 0 Å². The predicted octanol–water partition coefficient (Wildman–Crippen LogP) is 4.58. The Morgan fingerprint density at radius 3 is 2.09 bits per heavy atom. The van der Waals surface area contributed by atoms with Crippen LogP contribution in [0.15, 0.2) is 68.9 Å². The Bertz CT molecular complexity index is 1280. The van der Waals surface area contributed by atoms with Crippen LogP contribution in [0.5, 0.6) is 0 Å². The monoisotopic (exact) mass is 563 g/mol. The van der Waals surface area contributed by atoms with Gasteiger partial charge in [-0.2, -0.15) is 8.42 Å². The minimum atomic E-state index is -4.36. The van der Waals surface area contributed by atoms with Crippen molar-refractivity contribution in [3.8, 4) is 11.1 Å². The van der Waals surface area contributed by atoms with E-state index in [2.05, 4.69) is 34.5 Å². The SMILES string of the molecule is CC(C)c1ccc2c(CCCCNS(=O)(=O)c3ccc(Br)cc3)cc(S(=O)(=O)O)c-2cc1.[NaH]. The topological polar surface area (TPSA) is 101 Å². The van der Waals surface area contributed by atoms with Crippen molar-refractivity contribution >= 4 is 65.6 Å². The van der Waals surface area contributed by atoms with Crippen molar-refractivity contribution in [2.24, 2.45) is 0 Å². The standard InChI is InChI=1S/C23H26BrNO5S2.Na.H/c1-16(2)17-6-12-21-18(15-23(32(28,29)30)22(21)13-7-17)5-3-4-14-25-31(26,27)20-10-8-19(24)9-11-20;;/h6-13,15-16,25H,3-5,14H2,1-2H3,(H,28,29,30);;. The second-order valence-corrected chi connectivity index (χ2v) is 12.0. The van der Waals surface area contributed by atoms with Crippen LogP contribution in [0.2, 0.25) is 0 Å². The maximum absolute atomic E-state index is 12.4. The maximum atomic E-state index is 12.4. The molecule has 0 bridgehead atoms. The average Bonchev–Trinajstić information content (AvgIpc) is 2.91. The van der Waals surface area contributed by atoms with E-state index in [1.54, 1.807) is 18.2 Å². The van der Waals surface area contributed by atoms with Crippen molar-refractivity contribution in [3.63, 3.8) is 0 Å². The number of hydrogen-bond acceptors (Lipinski definition) is 4. The van der Waals surface area contributed by atoms with Gasteiger partial charge in [-0.25, -0.2) is 13.1 Å². The molecule has 10 heteroatoms. The molecule has 0 aliphatic heterocycles. The second-order valence-electron chi connectivity index (χ2n) is 7.97. The number of nitrogens with one attached hydrogen (secondary N) is 1. The molecule has 1 aromatic carbocycles. The molecule has 2 aliphatic rings. The number of fused-ring (bicyclic) bond motifs is 1. The molecule has 33 heavy (non-hydrogen) atoms. The van der Waals surface area contributed by atoms with Gasteiger partial charge >= 0.3 is 29.6 Å². The first-order valence-corrected chi connectivity index (χ1v) is 14.0. The van der Waals surface area contributed by atoms with E-state index in [0.29, 0.717) is 24.8 Å². The van der Waals surface area contributed by atoms with E-state index in [1.165, 1.54) is 18.2 Å². The Morgan fingerprint density at radius 1 is 0.909 bits per heavy atom. The summed E-state index contributed by atoms with van der Waals surface area (Å²) in [5, 5.41) is 0. The van der Waals surface area contributed by atoms with Crippen LogP contribution in [0, 0.1) is 0 Å². The molecule has 0 saturated carbocycles. The zero-order chi connectivity index (χ0) is 23.5. The van der Waals surface area contributed by atoms with E-state index in [0.717, 1.165) is 21.2 Å². The van der Waals surface area contributed by atoms with Crippen LogP contribution in [-0.2, 0) is 26.6 Å². The van der Waals surface area contributed by atoms with Gasteiger partial charge in [-0.05, 0) is 72.2 Å². The number of unbranched alkanes of at least 4 members (excludes halogenated alkanes) is 1. The Kier molecular flexibility index (Phi) is 10.1. The van der Waals surface area contributed by atoms with Gasteiger partial charge in [-0.15, -0.1) is 0 Å². The van der Waals surface area contributed by atoms with Crippen LogP contribution in [0.1, 0.15) is 43.7 Å². The average molecular weight is 564 g/mol. The molecule has 6 nitrogen and oxygen atoms in total. The Balaban J connectivity index is 0.00000385. The molecule has 1 aromatic rings. The normalized spacial score (nSPS) is 12.2. The fraction of sp³-hybridized carbons (Fsp3) is 0.304. The van der Waals surface area contributed by atoms with E-state index in [9.17, 15) is 21.4 Å².